The Labute approximate surface area is 125 Å². The van der Waals surface area contributed by atoms with Gasteiger partial charge in [-0.3, -0.25) is 0 Å². The molecular weight excluding hydrogens is 290 g/mol. The Morgan fingerprint density at radius 2 is 1.77 bits per heavy atom. The molecule has 0 spiro atoms. The van der Waals surface area contributed by atoms with Crippen molar-refractivity contribution in [1.29, 1.82) is 0 Å². The third-order valence-electron chi connectivity index (χ3n) is 2.96. The zero-order valence-corrected chi connectivity index (χ0v) is 11.5. The Bertz CT molecular complexity index is 760. The molecule has 0 aliphatic carbocycles. The minimum Gasteiger partial charge on any atom is -0.493 e. The highest BCUT2D eigenvalue weighted by atomic mass is 19.2. The highest BCUT2D eigenvalue weighted by molar-refractivity contribution is 5.51. The van der Waals surface area contributed by atoms with E-state index < -0.39 is 11.6 Å². The Morgan fingerprint density at radius 1 is 0.955 bits per heavy atom. The number of nitrogens with zero attached hydrogens (tertiary/aromatic N) is 2. The zero-order chi connectivity index (χ0) is 15.4. The van der Waals surface area contributed by atoms with E-state index in [4.69, 9.17) is 9.15 Å². The van der Waals surface area contributed by atoms with E-state index in [2.05, 4.69) is 10.2 Å². The van der Waals surface area contributed by atoms with Gasteiger partial charge in [0, 0.05) is 11.6 Å². The van der Waals surface area contributed by atoms with Gasteiger partial charge < -0.3 is 9.15 Å². The number of benzene rings is 2. The molecule has 0 fully saturated rings. The summed E-state index contributed by atoms with van der Waals surface area (Å²) in [5.41, 5.74) is 0.836. The van der Waals surface area contributed by atoms with Crippen LogP contribution in [-0.4, -0.2) is 16.8 Å². The molecule has 0 N–H and O–H groups in total. The molecule has 6 heteroatoms. The maximum Gasteiger partial charge on any atom is 0.247 e. The van der Waals surface area contributed by atoms with E-state index in [9.17, 15) is 8.78 Å². The number of aromatic nitrogens is 2. The summed E-state index contributed by atoms with van der Waals surface area (Å²) in [5.74, 6) is -0.745. The first-order valence-corrected chi connectivity index (χ1v) is 6.68. The third kappa shape index (κ3) is 3.28. The standard InChI is InChI=1S/C16H12F2N2O2/c17-13-7-6-12(10-14(13)18)21-9-8-15-19-20-16(22-15)11-4-2-1-3-5-11/h1-7,10H,8-9H2. The van der Waals surface area contributed by atoms with Crippen LogP contribution < -0.4 is 4.74 Å². The van der Waals surface area contributed by atoms with Gasteiger partial charge in [0.05, 0.1) is 13.0 Å². The van der Waals surface area contributed by atoms with Gasteiger partial charge in [-0.1, -0.05) is 18.2 Å². The zero-order valence-electron chi connectivity index (χ0n) is 11.5. The van der Waals surface area contributed by atoms with Crippen LogP contribution in [0, 0.1) is 11.6 Å². The van der Waals surface area contributed by atoms with Gasteiger partial charge in [0.2, 0.25) is 11.8 Å². The number of ether oxygens (including phenoxy) is 1. The van der Waals surface area contributed by atoms with Gasteiger partial charge in [0.15, 0.2) is 11.6 Å². The first-order chi connectivity index (χ1) is 10.7. The van der Waals surface area contributed by atoms with Gasteiger partial charge in [-0.05, 0) is 24.3 Å². The third-order valence-corrected chi connectivity index (χ3v) is 2.96. The fourth-order valence-electron chi connectivity index (χ4n) is 1.87. The van der Waals surface area contributed by atoms with Crippen LogP contribution in [0.25, 0.3) is 11.5 Å². The quantitative estimate of drug-likeness (QED) is 0.722. The molecule has 22 heavy (non-hydrogen) atoms. The largest absolute Gasteiger partial charge is 0.493 e. The topological polar surface area (TPSA) is 48.2 Å². The molecule has 0 aliphatic rings. The maximum atomic E-state index is 13.0. The predicted octanol–water partition coefficient (Wildman–Crippen LogP) is 3.64. The number of hydrogen-bond acceptors (Lipinski definition) is 4. The highest BCUT2D eigenvalue weighted by Gasteiger charge is 2.08. The van der Waals surface area contributed by atoms with Gasteiger partial charge in [-0.25, -0.2) is 8.78 Å². The van der Waals surface area contributed by atoms with Crippen molar-refractivity contribution >= 4 is 0 Å². The lowest BCUT2D eigenvalue weighted by atomic mass is 10.2. The molecule has 1 heterocycles. The molecule has 0 aliphatic heterocycles. The van der Waals surface area contributed by atoms with E-state index in [1.54, 1.807) is 0 Å². The molecule has 3 rings (SSSR count). The molecule has 3 aromatic rings. The van der Waals surface area contributed by atoms with Crippen molar-refractivity contribution in [2.45, 2.75) is 6.42 Å². The monoisotopic (exact) mass is 302 g/mol. The molecule has 0 saturated carbocycles. The van der Waals surface area contributed by atoms with E-state index in [0.717, 1.165) is 17.7 Å². The van der Waals surface area contributed by atoms with Crippen LogP contribution in [-0.2, 0) is 6.42 Å². The highest BCUT2D eigenvalue weighted by Crippen LogP contribution is 2.18. The summed E-state index contributed by atoms with van der Waals surface area (Å²) >= 11 is 0. The first-order valence-electron chi connectivity index (χ1n) is 6.68. The van der Waals surface area contributed by atoms with E-state index in [-0.39, 0.29) is 12.4 Å². The molecule has 112 valence electrons. The summed E-state index contributed by atoms with van der Waals surface area (Å²) in [6, 6.07) is 12.8. The summed E-state index contributed by atoms with van der Waals surface area (Å²) in [6.07, 6.45) is 0.374. The van der Waals surface area contributed by atoms with Crippen molar-refractivity contribution in [2.24, 2.45) is 0 Å². The van der Waals surface area contributed by atoms with Gasteiger partial charge >= 0.3 is 0 Å². The second-order valence-electron chi connectivity index (χ2n) is 4.54. The van der Waals surface area contributed by atoms with Crippen LogP contribution in [0.1, 0.15) is 5.89 Å². The summed E-state index contributed by atoms with van der Waals surface area (Å²) < 4.78 is 36.7. The Morgan fingerprint density at radius 3 is 2.55 bits per heavy atom. The average molecular weight is 302 g/mol. The summed E-state index contributed by atoms with van der Waals surface area (Å²) in [4.78, 5) is 0. The van der Waals surface area contributed by atoms with Gasteiger partial charge in [-0.15, -0.1) is 10.2 Å². The fourth-order valence-corrected chi connectivity index (χ4v) is 1.87. The molecule has 0 atom stereocenters. The molecule has 0 radical (unpaired) electrons. The fraction of sp³-hybridized carbons (Fsp3) is 0.125. The number of rotatable bonds is 5. The van der Waals surface area contributed by atoms with Crippen LogP contribution in [0.3, 0.4) is 0 Å². The molecule has 1 aromatic heterocycles. The summed E-state index contributed by atoms with van der Waals surface area (Å²) in [7, 11) is 0. The van der Waals surface area contributed by atoms with Crippen molar-refractivity contribution in [3.05, 3.63) is 66.1 Å². The van der Waals surface area contributed by atoms with Crippen LogP contribution in [0.5, 0.6) is 5.75 Å². The Kier molecular flexibility index (Phi) is 4.09. The molecular formula is C16H12F2N2O2. The maximum absolute atomic E-state index is 13.0. The van der Waals surface area contributed by atoms with Crippen molar-refractivity contribution in [3.8, 4) is 17.2 Å². The van der Waals surface area contributed by atoms with Crippen molar-refractivity contribution in [3.63, 3.8) is 0 Å². The van der Waals surface area contributed by atoms with E-state index in [1.807, 2.05) is 30.3 Å². The van der Waals surface area contributed by atoms with Gasteiger partial charge in [-0.2, -0.15) is 0 Å². The number of halogens is 2. The van der Waals surface area contributed by atoms with Gasteiger partial charge in [0.1, 0.15) is 5.75 Å². The van der Waals surface area contributed by atoms with Crippen LogP contribution >= 0.6 is 0 Å². The second-order valence-corrected chi connectivity index (χ2v) is 4.54. The minimum atomic E-state index is -0.943. The van der Waals surface area contributed by atoms with Crippen molar-refractivity contribution in [2.75, 3.05) is 6.61 Å². The molecule has 0 saturated heterocycles. The van der Waals surface area contributed by atoms with Crippen molar-refractivity contribution in [1.82, 2.24) is 10.2 Å². The van der Waals surface area contributed by atoms with Crippen LogP contribution in [0.2, 0.25) is 0 Å². The summed E-state index contributed by atoms with van der Waals surface area (Å²) in [5, 5.41) is 7.88. The lowest BCUT2D eigenvalue weighted by Crippen LogP contribution is -2.02. The SMILES string of the molecule is Fc1ccc(OCCc2nnc(-c3ccccc3)o2)cc1F. The molecule has 0 amide bonds. The smallest absolute Gasteiger partial charge is 0.247 e. The van der Waals surface area contributed by atoms with Crippen molar-refractivity contribution < 1.29 is 17.9 Å². The lowest BCUT2D eigenvalue weighted by Gasteiger charge is -2.04. The van der Waals surface area contributed by atoms with E-state index in [0.29, 0.717) is 18.2 Å². The molecule has 0 unspecified atom stereocenters. The molecule has 0 bridgehead atoms. The molecule has 2 aromatic carbocycles. The first kappa shape index (κ1) is 14.2. The Balaban J connectivity index is 1.58. The molecule has 4 nitrogen and oxygen atoms in total. The Hall–Kier alpha value is -2.76. The summed E-state index contributed by atoms with van der Waals surface area (Å²) in [6.45, 7) is 0.224. The van der Waals surface area contributed by atoms with Crippen LogP contribution in [0.15, 0.2) is 52.9 Å². The second kappa shape index (κ2) is 6.34. The lowest BCUT2D eigenvalue weighted by molar-refractivity contribution is 0.304. The number of hydrogen-bond donors (Lipinski definition) is 0. The average Bonchev–Trinajstić information content (AvgIpc) is 3.01. The van der Waals surface area contributed by atoms with Crippen LogP contribution in [0.4, 0.5) is 8.78 Å². The van der Waals surface area contributed by atoms with E-state index in [1.165, 1.54) is 6.07 Å². The predicted molar refractivity (Wildman–Crippen MR) is 75.3 cm³/mol. The van der Waals surface area contributed by atoms with E-state index >= 15 is 0 Å². The normalized spacial score (nSPS) is 10.6. The van der Waals surface area contributed by atoms with Gasteiger partial charge in [0.25, 0.3) is 0 Å². The minimum absolute atomic E-state index is 0.224.